The van der Waals surface area contributed by atoms with Gasteiger partial charge < -0.3 is 4.74 Å². The smallest absolute Gasteiger partial charge is 0.341 e. The Kier molecular flexibility index (Phi) is 3.51. The second-order valence-electron chi connectivity index (χ2n) is 2.79. The number of halogens is 3. The lowest BCUT2D eigenvalue weighted by molar-refractivity contribution is 0.0583. The molecule has 0 unspecified atom stereocenters. The van der Waals surface area contributed by atoms with Crippen molar-refractivity contribution in [2.24, 2.45) is 0 Å². The first-order valence-electron chi connectivity index (χ1n) is 4.11. The van der Waals surface area contributed by atoms with Gasteiger partial charge >= 0.3 is 5.97 Å². The lowest BCUT2D eigenvalue weighted by Crippen LogP contribution is -2.11. The van der Waals surface area contributed by atoms with Crippen LogP contribution < -0.4 is 0 Å². The number of alkyl halides is 2. The second-order valence-corrected chi connectivity index (χ2v) is 2.79. The fourth-order valence-corrected chi connectivity index (χ4v) is 1.23. The highest BCUT2D eigenvalue weighted by Crippen LogP contribution is 2.28. The van der Waals surface area contributed by atoms with E-state index in [1.54, 1.807) is 0 Å². The minimum Gasteiger partial charge on any atom is -0.465 e. The fourth-order valence-electron chi connectivity index (χ4n) is 1.23. The Morgan fingerprint density at radius 2 is 2.12 bits per heavy atom. The van der Waals surface area contributed by atoms with Crippen LogP contribution in [0.3, 0.4) is 0 Å². The van der Waals surface area contributed by atoms with Crippen molar-refractivity contribution in [2.75, 3.05) is 7.11 Å². The Morgan fingerprint density at radius 1 is 1.50 bits per heavy atom. The van der Waals surface area contributed by atoms with E-state index in [9.17, 15) is 18.0 Å². The zero-order valence-electron chi connectivity index (χ0n) is 8.13. The quantitative estimate of drug-likeness (QED) is 0.731. The van der Waals surface area contributed by atoms with Gasteiger partial charge in [-0.15, -0.1) is 0 Å². The Bertz CT molecular complexity index is 466. The molecule has 0 amide bonds. The Hall–Kier alpha value is -2.03. The van der Waals surface area contributed by atoms with E-state index in [2.05, 4.69) is 4.74 Å². The monoisotopic (exact) mass is 229 g/mol. The molecule has 0 radical (unpaired) electrons. The van der Waals surface area contributed by atoms with Gasteiger partial charge in [-0.1, -0.05) is 0 Å². The van der Waals surface area contributed by atoms with Crippen LogP contribution in [0.4, 0.5) is 13.2 Å². The maximum Gasteiger partial charge on any atom is 0.341 e. The number of nitriles is 1. The maximum atomic E-state index is 13.2. The number of carbonyl (C=O) groups is 1. The number of benzene rings is 1. The van der Waals surface area contributed by atoms with E-state index in [1.807, 2.05) is 0 Å². The number of carbonyl (C=O) groups excluding carboxylic acids is 1. The van der Waals surface area contributed by atoms with Gasteiger partial charge in [0.2, 0.25) is 0 Å². The van der Waals surface area contributed by atoms with Gasteiger partial charge in [0.25, 0.3) is 6.43 Å². The van der Waals surface area contributed by atoms with Crippen LogP contribution >= 0.6 is 0 Å². The van der Waals surface area contributed by atoms with Gasteiger partial charge in [0.05, 0.1) is 24.3 Å². The third-order valence-corrected chi connectivity index (χ3v) is 1.92. The zero-order valence-corrected chi connectivity index (χ0v) is 8.13. The average Bonchev–Trinajstić information content (AvgIpc) is 2.27. The highest BCUT2D eigenvalue weighted by atomic mass is 19.3. The van der Waals surface area contributed by atoms with Crippen molar-refractivity contribution in [3.05, 3.63) is 34.6 Å². The minimum atomic E-state index is -3.13. The lowest BCUT2D eigenvalue weighted by Gasteiger charge is -2.09. The molecule has 1 rings (SSSR count). The van der Waals surface area contributed by atoms with Gasteiger partial charge in [0.1, 0.15) is 11.4 Å². The van der Waals surface area contributed by atoms with Crippen LogP contribution in [0.5, 0.6) is 0 Å². The van der Waals surface area contributed by atoms with E-state index in [0.717, 1.165) is 19.2 Å². The summed E-state index contributed by atoms with van der Waals surface area (Å²) in [5.41, 5.74) is -2.28. The highest BCUT2D eigenvalue weighted by Gasteiger charge is 2.26. The molecule has 1 aromatic carbocycles. The second kappa shape index (κ2) is 4.66. The van der Waals surface area contributed by atoms with E-state index in [4.69, 9.17) is 5.26 Å². The minimum absolute atomic E-state index is 0.447. The molecule has 0 N–H and O–H groups in total. The Labute approximate surface area is 89.1 Å². The van der Waals surface area contributed by atoms with E-state index >= 15 is 0 Å². The molecule has 0 aliphatic heterocycles. The molecule has 0 aromatic heterocycles. The molecule has 6 heteroatoms. The number of hydrogen-bond donors (Lipinski definition) is 0. The fraction of sp³-hybridized carbons (Fsp3) is 0.200. The number of ether oxygens (including phenoxy) is 1. The van der Waals surface area contributed by atoms with Crippen LogP contribution in [0.2, 0.25) is 0 Å². The van der Waals surface area contributed by atoms with Crippen LogP contribution in [0.15, 0.2) is 12.1 Å². The number of methoxy groups -OCH3 is 1. The predicted octanol–water partition coefficient (Wildman–Crippen LogP) is 2.42. The summed E-state index contributed by atoms with van der Waals surface area (Å²) in [5, 5.41) is 8.58. The molecular formula is C10H6F3NO2. The summed E-state index contributed by atoms with van der Waals surface area (Å²) in [6, 6.07) is 3.14. The van der Waals surface area contributed by atoms with Crippen LogP contribution in [0.1, 0.15) is 27.9 Å². The standard InChI is InChI=1S/C10H6F3NO2/c1-16-10(15)8-6(11)3-2-5(4-14)7(8)9(12)13/h2-3,9H,1H3. The van der Waals surface area contributed by atoms with Crippen LogP contribution in [0, 0.1) is 17.1 Å². The summed E-state index contributed by atoms with van der Waals surface area (Å²) >= 11 is 0. The zero-order chi connectivity index (χ0) is 12.3. The van der Waals surface area contributed by atoms with Crippen molar-refractivity contribution in [2.45, 2.75) is 6.43 Å². The molecule has 0 bridgehead atoms. The molecule has 0 saturated heterocycles. The van der Waals surface area contributed by atoms with Crippen molar-refractivity contribution in [1.29, 1.82) is 5.26 Å². The van der Waals surface area contributed by atoms with Crippen molar-refractivity contribution in [3.63, 3.8) is 0 Å². The van der Waals surface area contributed by atoms with Gasteiger partial charge in [-0.2, -0.15) is 5.26 Å². The summed E-state index contributed by atoms with van der Waals surface area (Å²) in [7, 11) is 0.941. The van der Waals surface area contributed by atoms with Crippen molar-refractivity contribution in [1.82, 2.24) is 0 Å². The molecule has 0 atom stereocenters. The number of nitrogens with zero attached hydrogens (tertiary/aromatic N) is 1. The van der Waals surface area contributed by atoms with Gasteiger partial charge in [-0.3, -0.25) is 0 Å². The van der Waals surface area contributed by atoms with E-state index in [0.29, 0.717) is 0 Å². The molecule has 1 aromatic rings. The lowest BCUT2D eigenvalue weighted by atomic mass is 10.0. The number of rotatable bonds is 2. The third-order valence-electron chi connectivity index (χ3n) is 1.92. The predicted molar refractivity (Wildman–Crippen MR) is 47.4 cm³/mol. The highest BCUT2D eigenvalue weighted by molar-refractivity contribution is 5.92. The van der Waals surface area contributed by atoms with Crippen LogP contribution in [0.25, 0.3) is 0 Å². The van der Waals surface area contributed by atoms with Gasteiger partial charge in [0, 0.05) is 0 Å². The molecule has 84 valence electrons. The Morgan fingerprint density at radius 3 is 2.56 bits per heavy atom. The molecule has 0 saturated carbocycles. The van der Waals surface area contributed by atoms with Gasteiger partial charge in [-0.05, 0) is 12.1 Å². The molecule has 0 heterocycles. The summed E-state index contributed by atoms with van der Waals surface area (Å²) in [4.78, 5) is 11.1. The first kappa shape index (κ1) is 12.0. The topological polar surface area (TPSA) is 50.1 Å². The average molecular weight is 229 g/mol. The maximum absolute atomic E-state index is 13.2. The van der Waals surface area contributed by atoms with E-state index < -0.39 is 34.9 Å². The normalized spacial score (nSPS) is 10.0. The SMILES string of the molecule is COC(=O)c1c(F)ccc(C#N)c1C(F)F. The molecule has 0 spiro atoms. The molecule has 0 fully saturated rings. The summed E-state index contributed by atoms with van der Waals surface area (Å²) < 4.78 is 42.7. The van der Waals surface area contributed by atoms with Crippen molar-refractivity contribution in [3.8, 4) is 6.07 Å². The van der Waals surface area contributed by atoms with Crippen LogP contribution in [-0.2, 0) is 4.74 Å². The van der Waals surface area contributed by atoms with E-state index in [1.165, 1.54) is 6.07 Å². The van der Waals surface area contributed by atoms with Crippen molar-refractivity contribution >= 4 is 5.97 Å². The molecule has 3 nitrogen and oxygen atoms in total. The first-order valence-corrected chi connectivity index (χ1v) is 4.11. The first-order chi connectivity index (χ1) is 7.52. The summed E-state index contributed by atoms with van der Waals surface area (Å²) in [6.07, 6.45) is -3.13. The molecule has 0 aliphatic rings. The summed E-state index contributed by atoms with van der Waals surface area (Å²) in [5.74, 6) is -2.37. The van der Waals surface area contributed by atoms with E-state index in [-0.39, 0.29) is 0 Å². The third kappa shape index (κ3) is 1.98. The number of hydrogen-bond acceptors (Lipinski definition) is 3. The Balaban J connectivity index is 3.56. The summed E-state index contributed by atoms with van der Waals surface area (Å²) in [6.45, 7) is 0. The molecular weight excluding hydrogens is 223 g/mol. The number of esters is 1. The largest absolute Gasteiger partial charge is 0.465 e. The van der Waals surface area contributed by atoms with Gasteiger partial charge in [0.15, 0.2) is 0 Å². The molecule has 0 aliphatic carbocycles. The molecule has 16 heavy (non-hydrogen) atoms. The van der Waals surface area contributed by atoms with Crippen LogP contribution in [-0.4, -0.2) is 13.1 Å². The van der Waals surface area contributed by atoms with Gasteiger partial charge in [-0.25, -0.2) is 18.0 Å². The van der Waals surface area contributed by atoms with Crippen molar-refractivity contribution < 1.29 is 22.7 Å².